The van der Waals surface area contributed by atoms with Crippen molar-refractivity contribution in [2.24, 2.45) is 4.99 Å². The monoisotopic (exact) mass is 459 g/mol. The van der Waals surface area contributed by atoms with Crippen molar-refractivity contribution in [1.29, 1.82) is 0 Å². The summed E-state index contributed by atoms with van der Waals surface area (Å²) in [5.41, 5.74) is 2.47. The number of aromatic nitrogens is 2. The molecule has 24 heavy (non-hydrogen) atoms. The number of hydrogen-bond acceptors (Lipinski definition) is 3. The molecule has 0 aliphatic heterocycles. The molecule has 0 amide bonds. The lowest BCUT2D eigenvalue weighted by Crippen LogP contribution is -2.36. The zero-order valence-electron chi connectivity index (χ0n) is 13.4. The molecule has 0 radical (unpaired) electrons. The van der Waals surface area contributed by atoms with Gasteiger partial charge in [0.1, 0.15) is 5.82 Å². The SMILES string of the molecule is CN=C(NCc1ccc(C)c(F)c1)NCc1cn2ccsc2n1.I. The zero-order valence-corrected chi connectivity index (χ0v) is 16.6. The second-order valence-electron chi connectivity index (χ2n) is 5.19. The maximum absolute atomic E-state index is 13.5. The van der Waals surface area contributed by atoms with Gasteiger partial charge in [0.15, 0.2) is 10.9 Å². The van der Waals surface area contributed by atoms with Crippen LogP contribution in [0.2, 0.25) is 0 Å². The van der Waals surface area contributed by atoms with Crippen molar-refractivity contribution < 1.29 is 4.39 Å². The van der Waals surface area contributed by atoms with Crippen molar-refractivity contribution in [3.05, 3.63) is 58.6 Å². The first-order chi connectivity index (χ1) is 11.2. The number of imidazole rings is 1. The minimum atomic E-state index is -0.190. The Balaban J connectivity index is 0.00000208. The second kappa shape index (κ2) is 8.43. The van der Waals surface area contributed by atoms with E-state index in [1.54, 1.807) is 37.4 Å². The fourth-order valence-electron chi connectivity index (χ4n) is 2.19. The molecule has 2 N–H and O–H groups in total. The smallest absolute Gasteiger partial charge is 0.193 e. The molecule has 0 saturated heterocycles. The highest BCUT2D eigenvalue weighted by Crippen LogP contribution is 2.11. The number of fused-ring (bicyclic) bond motifs is 1. The quantitative estimate of drug-likeness (QED) is 0.358. The van der Waals surface area contributed by atoms with Crippen LogP contribution in [0.1, 0.15) is 16.8 Å². The van der Waals surface area contributed by atoms with Crippen molar-refractivity contribution in [3.8, 4) is 0 Å². The van der Waals surface area contributed by atoms with Crippen LogP contribution in [0.15, 0.2) is 41.0 Å². The van der Waals surface area contributed by atoms with Gasteiger partial charge in [-0.25, -0.2) is 9.37 Å². The van der Waals surface area contributed by atoms with Crippen LogP contribution in [0.5, 0.6) is 0 Å². The standard InChI is InChI=1S/C16H18FN5S.HI/c1-11-3-4-12(7-14(11)17)8-19-15(18-2)20-9-13-10-22-5-6-23-16(22)21-13;/h3-7,10H,8-9H2,1-2H3,(H2,18,19,20);1H. The van der Waals surface area contributed by atoms with E-state index < -0.39 is 0 Å². The number of nitrogens with one attached hydrogen (secondary N) is 2. The van der Waals surface area contributed by atoms with E-state index in [0.29, 0.717) is 24.6 Å². The lowest BCUT2D eigenvalue weighted by atomic mass is 10.1. The molecule has 3 aromatic rings. The number of benzene rings is 1. The highest BCUT2D eigenvalue weighted by atomic mass is 127. The normalized spacial score (nSPS) is 11.4. The largest absolute Gasteiger partial charge is 0.352 e. The number of thiazole rings is 1. The van der Waals surface area contributed by atoms with Crippen molar-refractivity contribution in [1.82, 2.24) is 20.0 Å². The summed E-state index contributed by atoms with van der Waals surface area (Å²) in [5.74, 6) is 0.465. The minimum Gasteiger partial charge on any atom is -0.352 e. The van der Waals surface area contributed by atoms with E-state index in [9.17, 15) is 4.39 Å². The number of nitrogens with zero attached hydrogens (tertiary/aromatic N) is 3. The summed E-state index contributed by atoms with van der Waals surface area (Å²) in [6.07, 6.45) is 3.97. The fourth-order valence-corrected chi connectivity index (χ4v) is 2.91. The molecular weight excluding hydrogens is 440 g/mol. The number of guanidine groups is 1. The number of hydrogen-bond donors (Lipinski definition) is 2. The molecule has 5 nitrogen and oxygen atoms in total. The van der Waals surface area contributed by atoms with Gasteiger partial charge in [-0.2, -0.15) is 0 Å². The Hall–Kier alpha value is -1.68. The molecule has 0 bridgehead atoms. The van der Waals surface area contributed by atoms with Crippen LogP contribution >= 0.6 is 35.3 Å². The summed E-state index contributed by atoms with van der Waals surface area (Å²) < 4.78 is 15.5. The number of aliphatic imine (C=N–C) groups is 1. The first-order valence-electron chi connectivity index (χ1n) is 7.26. The van der Waals surface area contributed by atoms with Crippen molar-refractivity contribution in [2.45, 2.75) is 20.0 Å². The maximum atomic E-state index is 13.5. The van der Waals surface area contributed by atoms with Crippen LogP contribution in [0.4, 0.5) is 4.39 Å². The van der Waals surface area contributed by atoms with E-state index >= 15 is 0 Å². The third kappa shape index (κ3) is 4.44. The number of rotatable bonds is 4. The Morgan fingerprint density at radius 1 is 1.33 bits per heavy atom. The van der Waals surface area contributed by atoms with Gasteiger partial charge in [0.25, 0.3) is 0 Å². The minimum absolute atomic E-state index is 0. The molecule has 3 rings (SSSR count). The van der Waals surface area contributed by atoms with E-state index in [-0.39, 0.29) is 29.8 Å². The molecule has 2 aromatic heterocycles. The highest BCUT2D eigenvalue weighted by molar-refractivity contribution is 14.0. The molecule has 0 saturated carbocycles. The summed E-state index contributed by atoms with van der Waals surface area (Å²) in [4.78, 5) is 9.65. The van der Waals surface area contributed by atoms with Crippen LogP contribution in [-0.2, 0) is 13.1 Å². The second-order valence-corrected chi connectivity index (χ2v) is 6.06. The molecule has 0 fully saturated rings. The molecule has 0 unspecified atom stereocenters. The third-order valence-electron chi connectivity index (χ3n) is 3.50. The average Bonchev–Trinajstić information content (AvgIpc) is 3.12. The summed E-state index contributed by atoms with van der Waals surface area (Å²) in [6.45, 7) is 2.84. The Kier molecular flexibility index (Phi) is 6.55. The molecule has 2 heterocycles. The van der Waals surface area contributed by atoms with E-state index in [1.165, 1.54) is 0 Å². The first-order valence-corrected chi connectivity index (χ1v) is 8.14. The third-order valence-corrected chi connectivity index (χ3v) is 4.27. The zero-order chi connectivity index (χ0) is 16.2. The lowest BCUT2D eigenvalue weighted by Gasteiger charge is -2.11. The van der Waals surface area contributed by atoms with Crippen molar-refractivity contribution >= 4 is 46.2 Å². The van der Waals surface area contributed by atoms with E-state index in [4.69, 9.17) is 0 Å². The molecule has 0 aliphatic carbocycles. The van der Waals surface area contributed by atoms with Gasteiger partial charge in [-0.3, -0.25) is 9.39 Å². The Morgan fingerprint density at radius 2 is 2.12 bits per heavy atom. The molecule has 1 aromatic carbocycles. The highest BCUT2D eigenvalue weighted by Gasteiger charge is 2.05. The van der Waals surface area contributed by atoms with E-state index in [1.807, 2.05) is 28.2 Å². The van der Waals surface area contributed by atoms with Crippen LogP contribution in [0.3, 0.4) is 0 Å². The molecular formula is C16H19FIN5S. The maximum Gasteiger partial charge on any atom is 0.193 e. The van der Waals surface area contributed by atoms with E-state index in [2.05, 4.69) is 20.6 Å². The molecule has 0 atom stereocenters. The molecule has 0 spiro atoms. The van der Waals surface area contributed by atoms with Crippen LogP contribution in [0, 0.1) is 12.7 Å². The van der Waals surface area contributed by atoms with Crippen LogP contribution < -0.4 is 10.6 Å². The van der Waals surface area contributed by atoms with Gasteiger partial charge in [-0.05, 0) is 24.1 Å². The van der Waals surface area contributed by atoms with Gasteiger partial charge in [0, 0.05) is 31.4 Å². The summed E-state index contributed by atoms with van der Waals surface area (Å²) in [6, 6.07) is 5.22. The summed E-state index contributed by atoms with van der Waals surface area (Å²) >= 11 is 1.60. The van der Waals surface area contributed by atoms with Gasteiger partial charge in [-0.15, -0.1) is 35.3 Å². The molecule has 0 aliphatic rings. The van der Waals surface area contributed by atoms with Crippen molar-refractivity contribution in [2.75, 3.05) is 7.05 Å². The predicted molar refractivity (Wildman–Crippen MR) is 107 cm³/mol. The average molecular weight is 459 g/mol. The number of aryl methyl sites for hydroxylation is 1. The fraction of sp³-hybridized carbons (Fsp3) is 0.250. The summed E-state index contributed by atoms with van der Waals surface area (Å²) in [5, 5.41) is 8.38. The van der Waals surface area contributed by atoms with Gasteiger partial charge in [0.05, 0.1) is 12.2 Å². The van der Waals surface area contributed by atoms with E-state index in [0.717, 1.165) is 16.2 Å². The Labute approximate surface area is 161 Å². The molecule has 8 heteroatoms. The molecule has 128 valence electrons. The van der Waals surface area contributed by atoms with Gasteiger partial charge in [0.2, 0.25) is 0 Å². The number of halogens is 2. The first kappa shape index (κ1) is 18.7. The van der Waals surface area contributed by atoms with Crippen LogP contribution in [-0.4, -0.2) is 22.4 Å². The van der Waals surface area contributed by atoms with Gasteiger partial charge in [-0.1, -0.05) is 12.1 Å². The van der Waals surface area contributed by atoms with Gasteiger partial charge < -0.3 is 10.6 Å². The van der Waals surface area contributed by atoms with Gasteiger partial charge >= 0.3 is 0 Å². The predicted octanol–water partition coefficient (Wildman–Crippen LogP) is 3.33. The Bertz CT molecular complexity index is 813. The van der Waals surface area contributed by atoms with Crippen molar-refractivity contribution in [3.63, 3.8) is 0 Å². The Morgan fingerprint density at radius 3 is 2.83 bits per heavy atom. The van der Waals surface area contributed by atoms with Crippen LogP contribution in [0.25, 0.3) is 4.96 Å². The lowest BCUT2D eigenvalue weighted by molar-refractivity contribution is 0.615. The summed E-state index contributed by atoms with van der Waals surface area (Å²) in [7, 11) is 1.71. The topological polar surface area (TPSA) is 53.7 Å².